The summed E-state index contributed by atoms with van der Waals surface area (Å²) >= 11 is 0. The second kappa shape index (κ2) is 5.89. The summed E-state index contributed by atoms with van der Waals surface area (Å²) in [5.41, 5.74) is 4.44. The van der Waals surface area contributed by atoms with E-state index in [0.717, 1.165) is 18.5 Å². The van der Waals surface area contributed by atoms with Crippen LogP contribution >= 0.6 is 0 Å². The lowest BCUT2D eigenvalue weighted by molar-refractivity contribution is 0.00578. The van der Waals surface area contributed by atoms with Gasteiger partial charge in [0, 0.05) is 5.69 Å². The molecule has 130 valence electrons. The summed E-state index contributed by atoms with van der Waals surface area (Å²) in [6.45, 7) is 8.43. The molecule has 1 unspecified atom stereocenters. The van der Waals surface area contributed by atoms with Crippen LogP contribution in [0.5, 0.6) is 0 Å². The van der Waals surface area contributed by atoms with E-state index < -0.39 is 0 Å². The maximum absolute atomic E-state index is 6.32. The number of nitrogens with one attached hydrogen (secondary N) is 1. The monoisotopic (exact) mass is 335 g/mol. The van der Waals surface area contributed by atoms with E-state index in [1.165, 1.54) is 16.6 Å². The summed E-state index contributed by atoms with van der Waals surface area (Å²) in [6.07, 6.45) is 2.19. The zero-order valence-corrected chi connectivity index (χ0v) is 15.5. The Morgan fingerprint density at radius 2 is 1.60 bits per heavy atom. The van der Waals surface area contributed by atoms with E-state index in [1.807, 2.05) is 6.07 Å². The minimum absolute atomic E-state index is 0.299. The van der Waals surface area contributed by atoms with E-state index in [4.69, 9.17) is 9.31 Å². The molecular weight excluding hydrogens is 309 g/mol. The number of fused-ring (bicyclic) bond motifs is 1. The molecule has 3 nitrogen and oxygen atoms in total. The highest BCUT2D eigenvalue weighted by Crippen LogP contribution is 2.39. The van der Waals surface area contributed by atoms with Gasteiger partial charge in [-0.3, -0.25) is 0 Å². The fraction of sp³-hybridized carbons (Fsp3) is 0.429. The molecular formula is C21H26BNO2. The lowest BCUT2D eigenvalue weighted by atomic mass is 9.74. The summed E-state index contributed by atoms with van der Waals surface area (Å²) in [5, 5.41) is 3.69. The fourth-order valence-electron chi connectivity index (χ4n) is 3.78. The maximum Gasteiger partial charge on any atom is 0.495 e. The third kappa shape index (κ3) is 2.88. The molecule has 0 aromatic heterocycles. The van der Waals surface area contributed by atoms with Gasteiger partial charge >= 0.3 is 7.12 Å². The zero-order chi connectivity index (χ0) is 17.7. The molecule has 0 bridgehead atoms. The van der Waals surface area contributed by atoms with Crippen LogP contribution in [-0.2, 0) is 15.7 Å². The van der Waals surface area contributed by atoms with Crippen molar-refractivity contribution in [2.45, 2.75) is 57.8 Å². The van der Waals surface area contributed by atoms with Gasteiger partial charge in [-0.05, 0) is 69.3 Å². The summed E-state index contributed by atoms with van der Waals surface area (Å²) in [5.74, 6) is 0. The van der Waals surface area contributed by atoms with Crippen LogP contribution in [0.15, 0.2) is 48.5 Å². The third-order valence-electron chi connectivity index (χ3n) is 5.90. The average molecular weight is 335 g/mol. The van der Waals surface area contributed by atoms with Crippen molar-refractivity contribution in [3.63, 3.8) is 0 Å². The average Bonchev–Trinajstić information content (AvgIpc) is 3.07. The zero-order valence-electron chi connectivity index (χ0n) is 15.5. The van der Waals surface area contributed by atoms with Gasteiger partial charge in [-0.2, -0.15) is 0 Å². The molecule has 1 atom stereocenters. The molecule has 1 N–H and O–H groups in total. The van der Waals surface area contributed by atoms with Crippen molar-refractivity contribution < 1.29 is 9.31 Å². The predicted octanol–water partition coefficient (Wildman–Crippen LogP) is 4.09. The normalized spacial score (nSPS) is 23.5. The van der Waals surface area contributed by atoms with E-state index in [-0.39, 0.29) is 18.3 Å². The van der Waals surface area contributed by atoms with Crippen molar-refractivity contribution >= 4 is 18.3 Å². The second-order valence-electron chi connectivity index (χ2n) is 8.11. The first-order valence-electron chi connectivity index (χ1n) is 9.16. The highest BCUT2D eigenvalue weighted by atomic mass is 16.7. The molecule has 25 heavy (non-hydrogen) atoms. The molecule has 1 aliphatic carbocycles. The van der Waals surface area contributed by atoms with Gasteiger partial charge in [-0.1, -0.05) is 36.4 Å². The van der Waals surface area contributed by atoms with E-state index in [9.17, 15) is 0 Å². The quantitative estimate of drug-likeness (QED) is 0.857. The Labute approximate surface area is 150 Å². The van der Waals surface area contributed by atoms with Crippen LogP contribution in [0.1, 0.15) is 51.3 Å². The van der Waals surface area contributed by atoms with Gasteiger partial charge in [0.15, 0.2) is 0 Å². The topological polar surface area (TPSA) is 30.5 Å². The summed E-state index contributed by atoms with van der Waals surface area (Å²) in [7, 11) is -0.307. The molecule has 2 aromatic rings. The Hall–Kier alpha value is -1.78. The van der Waals surface area contributed by atoms with Crippen LogP contribution in [0.2, 0.25) is 0 Å². The Morgan fingerprint density at radius 3 is 2.28 bits per heavy atom. The van der Waals surface area contributed by atoms with Crippen LogP contribution in [-0.4, -0.2) is 18.3 Å². The van der Waals surface area contributed by atoms with Gasteiger partial charge < -0.3 is 14.6 Å². The number of benzene rings is 2. The first-order valence-corrected chi connectivity index (χ1v) is 9.16. The van der Waals surface area contributed by atoms with E-state index in [0.29, 0.717) is 6.04 Å². The van der Waals surface area contributed by atoms with Gasteiger partial charge in [-0.25, -0.2) is 0 Å². The Balaban J connectivity index is 1.67. The summed E-state index contributed by atoms with van der Waals surface area (Å²) in [4.78, 5) is 0. The van der Waals surface area contributed by atoms with Crippen molar-refractivity contribution in [2.75, 3.05) is 5.32 Å². The van der Waals surface area contributed by atoms with Crippen LogP contribution in [0.4, 0.5) is 5.69 Å². The molecule has 4 heteroatoms. The van der Waals surface area contributed by atoms with Gasteiger partial charge in [0.2, 0.25) is 0 Å². The molecule has 0 radical (unpaired) electrons. The highest BCUT2D eigenvalue weighted by Gasteiger charge is 2.52. The van der Waals surface area contributed by atoms with Crippen molar-refractivity contribution in [1.82, 2.24) is 0 Å². The van der Waals surface area contributed by atoms with Gasteiger partial charge in [0.25, 0.3) is 0 Å². The lowest BCUT2D eigenvalue weighted by Crippen LogP contribution is -2.41. The van der Waals surface area contributed by atoms with E-state index >= 15 is 0 Å². The molecule has 2 aromatic carbocycles. The van der Waals surface area contributed by atoms with E-state index in [1.54, 1.807) is 0 Å². The maximum atomic E-state index is 6.32. The number of hydrogen-bond acceptors (Lipinski definition) is 3. The number of hydrogen-bond donors (Lipinski definition) is 1. The number of anilines is 1. The molecule has 1 heterocycles. The number of para-hydroxylation sites is 1. The minimum atomic E-state index is -0.318. The van der Waals surface area contributed by atoms with Gasteiger partial charge in [-0.15, -0.1) is 0 Å². The Kier molecular flexibility index (Phi) is 3.93. The largest absolute Gasteiger partial charge is 0.495 e. The van der Waals surface area contributed by atoms with Crippen LogP contribution in [0, 0.1) is 0 Å². The van der Waals surface area contributed by atoms with Crippen LogP contribution in [0.25, 0.3) is 0 Å². The summed E-state index contributed by atoms with van der Waals surface area (Å²) < 4.78 is 12.6. The summed E-state index contributed by atoms with van der Waals surface area (Å²) in [6, 6.07) is 17.2. The predicted molar refractivity (Wildman–Crippen MR) is 103 cm³/mol. The second-order valence-corrected chi connectivity index (χ2v) is 8.11. The molecule has 0 amide bonds. The number of rotatable bonds is 3. The molecule has 1 aliphatic heterocycles. The van der Waals surface area contributed by atoms with Gasteiger partial charge in [0.1, 0.15) is 0 Å². The first kappa shape index (κ1) is 16.7. The molecule has 0 saturated carbocycles. The van der Waals surface area contributed by atoms with E-state index in [2.05, 4.69) is 75.5 Å². The van der Waals surface area contributed by atoms with Gasteiger partial charge in [0.05, 0.1) is 17.2 Å². The molecule has 1 saturated heterocycles. The van der Waals surface area contributed by atoms with Crippen molar-refractivity contribution in [1.29, 1.82) is 0 Å². The third-order valence-corrected chi connectivity index (χ3v) is 5.90. The Morgan fingerprint density at radius 1 is 0.920 bits per heavy atom. The number of aryl methyl sites for hydroxylation is 1. The molecule has 0 spiro atoms. The fourth-order valence-corrected chi connectivity index (χ4v) is 3.78. The molecule has 4 rings (SSSR count). The minimum Gasteiger partial charge on any atom is -0.399 e. The first-order chi connectivity index (χ1) is 11.9. The smallest absolute Gasteiger partial charge is 0.399 e. The standard InChI is InChI=1S/C21H26BNO2/c1-20(2)21(3,4)25-22(24-20)17-12-8-9-15-13-14-18(19(15)17)23-16-10-6-5-7-11-16/h5-12,18,23H,13-14H2,1-4H3. The Bertz CT molecular complexity index is 757. The van der Waals surface area contributed by atoms with Crippen molar-refractivity contribution in [2.24, 2.45) is 0 Å². The highest BCUT2D eigenvalue weighted by molar-refractivity contribution is 6.62. The molecule has 2 aliphatic rings. The van der Waals surface area contributed by atoms with Crippen molar-refractivity contribution in [3.05, 3.63) is 59.7 Å². The van der Waals surface area contributed by atoms with Crippen molar-refractivity contribution in [3.8, 4) is 0 Å². The molecule has 1 fully saturated rings. The van der Waals surface area contributed by atoms with Crippen LogP contribution < -0.4 is 10.8 Å². The van der Waals surface area contributed by atoms with Crippen LogP contribution in [0.3, 0.4) is 0 Å². The lowest BCUT2D eigenvalue weighted by Gasteiger charge is -2.32. The SMILES string of the molecule is CC1(C)OB(c2cccc3c2C(Nc2ccccc2)CC3)OC1(C)C.